The van der Waals surface area contributed by atoms with Crippen LogP contribution in [-0.2, 0) is 38.3 Å². The minimum Gasteiger partial charge on any atom is -0.285 e. The number of rotatable bonds is 6. The summed E-state index contributed by atoms with van der Waals surface area (Å²) in [6.07, 6.45) is 0.378. The SMILES string of the molecule is Cc1ccc(S(=O)(=O)OCc2c(Cc3ccc(C(C)(C)C)cc3)c(=S)[nH]n(C(C)(C)C)c2=O)cc1. The predicted octanol–water partition coefficient (Wildman–Crippen LogP) is 5.76. The van der Waals surface area contributed by atoms with Crippen LogP contribution < -0.4 is 5.56 Å². The average molecular weight is 515 g/mol. The summed E-state index contributed by atoms with van der Waals surface area (Å²) in [4.78, 5) is 13.5. The standard InChI is InChI=1S/C27H34N2O4S2/c1-18-8-14-21(15-9-18)35(31,32)33-17-23-22(24(34)28-29(25(23)30)27(5,6)7)16-19-10-12-20(13-11-19)26(2,3)4/h8-15H,16-17H2,1-7H3,(H,28,34). The first-order chi connectivity index (χ1) is 16.1. The van der Waals surface area contributed by atoms with Crippen LogP contribution in [0.4, 0.5) is 0 Å². The van der Waals surface area contributed by atoms with Crippen LogP contribution >= 0.6 is 12.2 Å². The molecule has 2 aromatic carbocycles. The van der Waals surface area contributed by atoms with Gasteiger partial charge in [-0.3, -0.25) is 14.1 Å². The summed E-state index contributed by atoms with van der Waals surface area (Å²) >= 11 is 5.63. The quantitative estimate of drug-likeness (QED) is 0.334. The van der Waals surface area contributed by atoms with Crippen LogP contribution in [0.1, 0.15) is 69.4 Å². The van der Waals surface area contributed by atoms with E-state index in [2.05, 4.69) is 38.0 Å². The maximum absolute atomic E-state index is 13.5. The van der Waals surface area contributed by atoms with E-state index < -0.39 is 22.3 Å². The van der Waals surface area contributed by atoms with E-state index in [4.69, 9.17) is 16.4 Å². The third-order valence-electron chi connectivity index (χ3n) is 5.85. The second-order valence-electron chi connectivity index (χ2n) is 10.9. The first-order valence-corrected chi connectivity index (χ1v) is 13.3. The number of hydrogen-bond acceptors (Lipinski definition) is 5. The number of hydrogen-bond donors (Lipinski definition) is 1. The molecule has 35 heavy (non-hydrogen) atoms. The van der Waals surface area contributed by atoms with E-state index in [-0.39, 0.29) is 21.4 Å². The van der Waals surface area contributed by atoms with Gasteiger partial charge in [-0.2, -0.15) is 8.42 Å². The maximum Gasteiger partial charge on any atom is 0.297 e. The average Bonchev–Trinajstić information content (AvgIpc) is 2.75. The Kier molecular flexibility index (Phi) is 7.60. The van der Waals surface area contributed by atoms with Gasteiger partial charge in [0, 0.05) is 12.0 Å². The molecule has 0 unspecified atom stereocenters. The van der Waals surface area contributed by atoms with Crippen molar-refractivity contribution in [3.8, 4) is 0 Å². The smallest absolute Gasteiger partial charge is 0.285 e. The van der Waals surface area contributed by atoms with Crippen molar-refractivity contribution in [1.29, 1.82) is 0 Å². The third-order valence-corrected chi connectivity index (χ3v) is 7.47. The van der Waals surface area contributed by atoms with E-state index in [0.717, 1.165) is 11.1 Å². The summed E-state index contributed by atoms with van der Waals surface area (Å²) in [5.74, 6) is 0. The lowest BCUT2D eigenvalue weighted by molar-refractivity contribution is 0.292. The van der Waals surface area contributed by atoms with Crippen molar-refractivity contribution < 1.29 is 12.6 Å². The summed E-state index contributed by atoms with van der Waals surface area (Å²) in [6, 6.07) is 14.5. The molecule has 0 bridgehead atoms. The van der Waals surface area contributed by atoms with Crippen LogP contribution in [0.15, 0.2) is 58.2 Å². The Morgan fingerprint density at radius 3 is 2.00 bits per heavy atom. The highest BCUT2D eigenvalue weighted by molar-refractivity contribution is 7.86. The number of aryl methyl sites for hydroxylation is 1. The van der Waals surface area contributed by atoms with Crippen molar-refractivity contribution in [2.24, 2.45) is 0 Å². The fraction of sp³-hybridized carbons (Fsp3) is 0.407. The zero-order valence-corrected chi connectivity index (χ0v) is 23.1. The Balaban J connectivity index is 2.04. The third kappa shape index (κ3) is 6.37. The zero-order valence-electron chi connectivity index (χ0n) is 21.4. The maximum atomic E-state index is 13.5. The van der Waals surface area contributed by atoms with Crippen LogP contribution in [-0.4, -0.2) is 18.2 Å². The Morgan fingerprint density at radius 1 is 0.914 bits per heavy atom. The zero-order chi connectivity index (χ0) is 26.2. The Hall–Kier alpha value is -2.55. The van der Waals surface area contributed by atoms with Crippen molar-refractivity contribution in [2.45, 2.75) is 77.3 Å². The van der Waals surface area contributed by atoms with Crippen molar-refractivity contribution in [3.05, 3.63) is 91.3 Å². The molecular formula is C27H34N2O4S2. The van der Waals surface area contributed by atoms with Crippen molar-refractivity contribution in [3.63, 3.8) is 0 Å². The van der Waals surface area contributed by atoms with Gasteiger partial charge in [0.15, 0.2) is 0 Å². The summed E-state index contributed by atoms with van der Waals surface area (Å²) < 4.78 is 32.9. The van der Waals surface area contributed by atoms with Crippen LogP contribution in [0, 0.1) is 11.6 Å². The molecule has 3 rings (SSSR count). The molecular weight excluding hydrogens is 480 g/mol. The fourth-order valence-corrected chi connectivity index (χ4v) is 4.83. The summed E-state index contributed by atoms with van der Waals surface area (Å²) in [6.45, 7) is 13.5. The van der Waals surface area contributed by atoms with Crippen LogP contribution in [0.2, 0.25) is 0 Å². The molecule has 0 saturated heterocycles. The highest BCUT2D eigenvalue weighted by Gasteiger charge is 2.24. The first-order valence-electron chi connectivity index (χ1n) is 11.5. The van der Waals surface area contributed by atoms with E-state index in [1.54, 1.807) is 12.1 Å². The summed E-state index contributed by atoms with van der Waals surface area (Å²) in [5, 5.41) is 3.03. The number of aromatic nitrogens is 2. The molecule has 0 aliphatic carbocycles. The molecule has 0 fully saturated rings. The molecule has 0 saturated carbocycles. The van der Waals surface area contributed by atoms with Crippen LogP contribution in [0.3, 0.4) is 0 Å². The number of benzene rings is 2. The van der Waals surface area contributed by atoms with Gasteiger partial charge in [0.05, 0.1) is 22.6 Å². The number of aromatic amines is 1. The molecule has 1 aromatic heterocycles. The van der Waals surface area contributed by atoms with Crippen LogP contribution in [0.5, 0.6) is 0 Å². The van der Waals surface area contributed by atoms with Gasteiger partial charge in [-0.25, -0.2) is 4.68 Å². The Labute approximate surface area is 213 Å². The van der Waals surface area contributed by atoms with Crippen LogP contribution in [0.25, 0.3) is 0 Å². The molecule has 0 amide bonds. The second kappa shape index (κ2) is 9.84. The lowest BCUT2D eigenvalue weighted by atomic mass is 9.86. The molecule has 8 heteroatoms. The van der Waals surface area contributed by atoms with Gasteiger partial charge in [0.2, 0.25) is 0 Å². The molecule has 188 valence electrons. The molecule has 0 atom stereocenters. The Morgan fingerprint density at radius 2 is 1.49 bits per heavy atom. The van der Waals surface area contributed by atoms with Gasteiger partial charge < -0.3 is 0 Å². The van der Waals surface area contributed by atoms with E-state index >= 15 is 0 Å². The molecule has 0 aliphatic rings. The van der Waals surface area contributed by atoms with Gasteiger partial charge >= 0.3 is 0 Å². The highest BCUT2D eigenvalue weighted by atomic mass is 32.2. The lowest BCUT2D eigenvalue weighted by Gasteiger charge is -2.24. The highest BCUT2D eigenvalue weighted by Crippen LogP contribution is 2.24. The number of H-pyrrole nitrogens is 1. The summed E-state index contributed by atoms with van der Waals surface area (Å²) in [5.41, 5.74) is 2.98. The molecule has 3 aromatic rings. The largest absolute Gasteiger partial charge is 0.297 e. The van der Waals surface area contributed by atoms with Gasteiger partial charge in [-0.1, -0.05) is 75.0 Å². The molecule has 1 heterocycles. The fourth-order valence-electron chi connectivity index (χ4n) is 3.67. The topological polar surface area (TPSA) is 81.2 Å². The van der Waals surface area contributed by atoms with E-state index in [1.807, 2.05) is 39.8 Å². The Bertz CT molecular complexity index is 1420. The minimum absolute atomic E-state index is 0.0198. The van der Waals surface area contributed by atoms with E-state index in [0.29, 0.717) is 16.6 Å². The molecule has 6 nitrogen and oxygen atoms in total. The molecule has 0 spiro atoms. The molecule has 1 N–H and O–H groups in total. The van der Waals surface area contributed by atoms with Crippen molar-refractivity contribution in [2.75, 3.05) is 0 Å². The van der Waals surface area contributed by atoms with E-state index in [9.17, 15) is 13.2 Å². The van der Waals surface area contributed by atoms with Gasteiger partial charge in [0.1, 0.15) is 4.64 Å². The predicted molar refractivity (Wildman–Crippen MR) is 142 cm³/mol. The van der Waals surface area contributed by atoms with Crippen molar-refractivity contribution in [1.82, 2.24) is 9.78 Å². The minimum atomic E-state index is -4.06. The second-order valence-corrected chi connectivity index (χ2v) is 12.9. The molecule has 0 aliphatic heterocycles. The number of nitrogens with zero attached hydrogens (tertiary/aromatic N) is 1. The normalized spacial score (nSPS) is 12.7. The van der Waals surface area contributed by atoms with Gasteiger partial charge in [-0.15, -0.1) is 0 Å². The molecule has 0 radical (unpaired) electrons. The van der Waals surface area contributed by atoms with Gasteiger partial charge in [-0.05, 0) is 56.4 Å². The summed E-state index contributed by atoms with van der Waals surface area (Å²) in [7, 11) is -4.06. The monoisotopic (exact) mass is 514 g/mol. The van der Waals surface area contributed by atoms with Gasteiger partial charge in [0.25, 0.3) is 15.7 Å². The first kappa shape index (κ1) is 27.0. The lowest BCUT2D eigenvalue weighted by Crippen LogP contribution is -2.39. The van der Waals surface area contributed by atoms with Crippen molar-refractivity contribution >= 4 is 22.3 Å². The van der Waals surface area contributed by atoms with E-state index in [1.165, 1.54) is 22.4 Å². The number of nitrogens with one attached hydrogen (secondary N) is 1.